The molecule has 48 heavy (non-hydrogen) atoms. The molecule has 1 aromatic carbocycles. The molecule has 1 aliphatic rings. The van der Waals surface area contributed by atoms with E-state index in [1.54, 1.807) is 17.0 Å². The number of anilines is 2. The summed E-state index contributed by atoms with van der Waals surface area (Å²) in [5.74, 6) is 0.407. The average Bonchev–Trinajstić information content (AvgIpc) is 3.53. The van der Waals surface area contributed by atoms with Crippen molar-refractivity contribution in [1.82, 2.24) is 24.7 Å². The number of pyridine rings is 1. The number of β-amino-alcohol motifs (C(OH)–C–C–N with tert-alkyl or cyclic N) is 1. The summed E-state index contributed by atoms with van der Waals surface area (Å²) in [5, 5.41) is 23.6. The highest BCUT2D eigenvalue weighted by Gasteiger charge is 2.48. The molecule has 258 valence electrons. The lowest BCUT2D eigenvalue weighted by atomic mass is 9.94. The van der Waals surface area contributed by atoms with Gasteiger partial charge in [-0.3, -0.25) is 4.72 Å². The minimum Gasteiger partial charge on any atom is -0.476 e. The second-order valence-corrected chi connectivity index (χ2v) is 13.9. The van der Waals surface area contributed by atoms with Crippen LogP contribution in [0.5, 0.6) is 5.88 Å². The van der Waals surface area contributed by atoms with Crippen LogP contribution in [0.3, 0.4) is 0 Å². The SMILES string of the molecule is CC(C)(COc1ccn(-c2ncc3nc2-c2ccccc2CCCCCCN(C[C@H](O)CO)c2cccc(n2)S(=O)(=O)N3)n1)C(F)(F)F. The second kappa shape index (κ2) is 14.5. The predicted octanol–water partition coefficient (Wildman–Crippen LogP) is 4.77. The number of nitrogens with zero attached hydrogens (tertiary/aromatic N) is 6. The number of aryl methyl sites for hydroxylation is 1. The average molecular weight is 690 g/mol. The maximum Gasteiger partial charge on any atom is 0.397 e. The van der Waals surface area contributed by atoms with Crippen molar-refractivity contribution in [3.05, 3.63) is 66.5 Å². The monoisotopic (exact) mass is 689 g/mol. The molecule has 4 bridgehead atoms. The molecular formula is C32H38F3N7O5S. The fourth-order valence-corrected chi connectivity index (χ4v) is 6.04. The highest BCUT2D eigenvalue weighted by Crippen LogP contribution is 2.38. The third kappa shape index (κ3) is 8.22. The third-order valence-electron chi connectivity index (χ3n) is 7.97. The minimum atomic E-state index is -4.47. The van der Waals surface area contributed by atoms with Crippen LogP contribution in [0, 0.1) is 5.41 Å². The summed E-state index contributed by atoms with van der Waals surface area (Å²) in [7, 11) is -4.27. The van der Waals surface area contributed by atoms with Gasteiger partial charge in [0, 0.05) is 30.9 Å². The number of aliphatic hydroxyl groups excluding tert-OH is 2. The van der Waals surface area contributed by atoms with E-state index in [2.05, 4.69) is 24.8 Å². The van der Waals surface area contributed by atoms with E-state index >= 15 is 0 Å². The number of ether oxygens (including phenoxy) is 1. The predicted molar refractivity (Wildman–Crippen MR) is 172 cm³/mol. The van der Waals surface area contributed by atoms with Gasteiger partial charge >= 0.3 is 6.18 Å². The first-order valence-corrected chi connectivity index (χ1v) is 17.0. The summed E-state index contributed by atoms with van der Waals surface area (Å²) in [6, 6.07) is 13.5. The zero-order chi connectivity index (χ0) is 34.5. The Bertz CT molecular complexity index is 1820. The van der Waals surface area contributed by atoms with Gasteiger partial charge in [0.15, 0.2) is 16.7 Å². The molecule has 0 saturated carbocycles. The minimum absolute atomic E-state index is 0.0461. The van der Waals surface area contributed by atoms with E-state index in [1.165, 1.54) is 29.2 Å². The van der Waals surface area contributed by atoms with Crippen molar-refractivity contribution in [3.63, 3.8) is 0 Å². The number of fused-ring (bicyclic) bond motifs is 6. The summed E-state index contributed by atoms with van der Waals surface area (Å²) in [6.45, 7) is 1.55. The van der Waals surface area contributed by atoms with Crippen LogP contribution in [-0.2, 0) is 16.4 Å². The molecule has 0 unspecified atom stereocenters. The van der Waals surface area contributed by atoms with Gasteiger partial charge < -0.3 is 19.8 Å². The molecule has 1 atom stereocenters. The molecule has 0 saturated heterocycles. The fourth-order valence-electron chi connectivity index (χ4n) is 5.09. The van der Waals surface area contributed by atoms with Crippen molar-refractivity contribution >= 4 is 21.7 Å². The van der Waals surface area contributed by atoms with Crippen molar-refractivity contribution in [2.24, 2.45) is 5.41 Å². The Kier molecular flexibility index (Phi) is 10.6. The lowest BCUT2D eigenvalue weighted by Crippen LogP contribution is -2.37. The normalized spacial score (nSPS) is 16.4. The quantitative estimate of drug-likeness (QED) is 0.247. The number of nitrogens with one attached hydrogen (secondary N) is 1. The molecule has 4 aromatic rings. The summed E-state index contributed by atoms with van der Waals surface area (Å²) in [4.78, 5) is 15.3. The molecule has 0 fully saturated rings. The van der Waals surface area contributed by atoms with E-state index in [0.29, 0.717) is 30.0 Å². The number of aliphatic hydroxyl groups is 2. The molecular weight excluding hydrogens is 651 g/mol. The first kappa shape index (κ1) is 35.0. The Labute approximate surface area is 276 Å². The summed E-state index contributed by atoms with van der Waals surface area (Å²) in [6.07, 6.45) is 1.21. The van der Waals surface area contributed by atoms with E-state index in [-0.39, 0.29) is 29.1 Å². The largest absolute Gasteiger partial charge is 0.476 e. The number of rotatable bonds is 7. The van der Waals surface area contributed by atoms with Crippen molar-refractivity contribution in [3.8, 4) is 23.0 Å². The molecule has 5 rings (SSSR count). The lowest BCUT2D eigenvalue weighted by Gasteiger charge is -2.26. The van der Waals surface area contributed by atoms with Crippen molar-refractivity contribution in [2.45, 2.75) is 63.3 Å². The molecule has 16 heteroatoms. The van der Waals surface area contributed by atoms with E-state index < -0.39 is 40.9 Å². The third-order valence-corrected chi connectivity index (χ3v) is 9.22. The number of sulfonamides is 1. The molecule has 1 aliphatic heterocycles. The van der Waals surface area contributed by atoms with Crippen LogP contribution in [0.25, 0.3) is 17.1 Å². The highest BCUT2D eigenvalue weighted by molar-refractivity contribution is 7.92. The fraction of sp³-hybridized carbons (Fsp3) is 0.438. The van der Waals surface area contributed by atoms with Gasteiger partial charge in [-0.15, -0.1) is 5.10 Å². The highest BCUT2D eigenvalue weighted by atomic mass is 32.2. The van der Waals surface area contributed by atoms with Crippen LogP contribution in [0.1, 0.15) is 45.1 Å². The van der Waals surface area contributed by atoms with Gasteiger partial charge in [0.25, 0.3) is 10.0 Å². The Balaban J connectivity index is 1.54. The second-order valence-electron chi connectivity index (χ2n) is 12.2. The molecule has 3 aromatic heterocycles. The smallest absolute Gasteiger partial charge is 0.397 e. The molecule has 0 amide bonds. The Morgan fingerprint density at radius 2 is 1.79 bits per heavy atom. The van der Waals surface area contributed by atoms with Crippen LogP contribution in [0.2, 0.25) is 0 Å². The molecule has 0 spiro atoms. The van der Waals surface area contributed by atoms with Crippen LogP contribution in [0.4, 0.5) is 24.8 Å². The Morgan fingerprint density at radius 3 is 2.56 bits per heavy atom. The van der Waals surface area contributed by atoms with Crippen molar-refractivity contribution in [2.75, 3.05) is 35.9 Å². The van der Waals surface area contributed by atoms with Crippen LogP contribution in [-0.4, -0.2) is 81.9 Å². The van der Waals surface area contributed by atoms with E-state index in [4.69, 9.17) is 4.74 Å². The van der Waals surface area contributed by atoms with Crippen molar-refractivity contribution < 1.29 is 36.5 Å². The van der Waals surface area contributed by atoms with Gasteiger partial charge in [0.05, 0.1) is 24.3 Å². The molecule has 4 heterocycles. The van der Waals surface area contributed by atoms with Gasteiger partial charge in [-0.05, 0) is 50.8 Å². The van der Waals surface area contributed by atoms with E-state index in [9.17, 15) is 31.8 Å². The number of aromatic nitrogens is 5. The Hall–Kier alpha value is -4.28. The first-order valence-electron chi connectivity index (χ1n) is 15.5. The molecule has 0 aliphatic carbocycles. The summed E-state index contributed by atoms with van der Waals surface area (Å²) < 4.78 is 76.5. The number of halogens is 3. The number of benzene rings is 1. The molecule has 0 radical (unpaired) electrons. The van der Waals surface area contributed by atoms with Crippen LogP contribution >= 0.6 is 0 Å². The number of alkyl halides is 3. The number of hydrogen-bond acceptors (Lipinski definition) is 10. The summed E-state index contributed by atoms with van der Waals surface area (Å²) >= 11 is 0. The van der Waals surface area contributed by atoms with Gasteiger partial charge in [-0.1, -0.05) is 43.2 Å². The van der Waals surface area contributed by atoms with Gasteiger partial charge in [-0.2, -0.15) is 21.6 Å². The first-order chi connectivity index (χ1) is 22.8. The van der Waals surface area contributed by atoms with Crippen LogP contribution < -0.4 is 14.4 Å². The lowest BCUT2D eigenvalue weighted by molar-refractivity contribution is -0.219. The zero-order valence-electron chi connectivity index (χ0n) is 26.6. The Morgan fingerprint density at radius 1 is 1.02 bits per heavy atom. The van der Waals surface area contributed by atoms with Crippen LogP contribution in [0.15, 0.2) is 66.0 Å². The molecule has 12 nitrogen and oxygen atoms in total. The maximum absolute atomic E-state index is 13.6. The topological polar surface area (TPSA) is 156 Å². The molecule has 3 N–H and O–H groups in total. The van der Waals surface area contributed by atoms with Gasteiger partial charge in [-0.25, -0.2) is 19.6 Å². The van der Waals surface area contributed by atoms with Crippen molar-refractivity contribution in [1.29, 1.82) is 0 Å². The maximum atomic E-state index is 13.6. The zero-order valence-corrected chi connectivity index (χ0v) is 27.4. The van der Waals surface area contributed by atoms with E-state index in [1.807, 2.05) is 24.3 Å². The number of hydrogen-bond donors (Lipinski definition) is 3. The van der Waals surface area contributed by atoms with E-state index in [0.717, 1.165) is 45.1 Å². The summed E-state index contributed by atoms with van der Waals surface area (Å²) in [5.41, 5.74) is -0.183. The van der Waals surface area contributed by atoms with Gasteiger partial charge in [0.2, 0.25) is 5.88 Å². The van der Waals surface area contributed by atoms with Gasteiger partial charge in [0.1, 0.15) is 18.1 Å². The standard InChI is InChI=1S/C32H38F3N7O5S/c1-31(2,32(33,34)35)21-47-27-15-17-42(39-27)30-29-24-12-7-6-11-22(24)10-5-3-4-8-16-41(19-23(44)20-43)26-13-9-14-28(38-26)48(45,46)40-25(37-29)18-36-30/h6-7,9,11-15,17-18,23,43-44H,3-5,8,10,16,19-21H2,1-2H3,(H,37,40)/t23-/m0/s1.